The zero-order chi connectivity index (χ0) is 15.8. The van der Waals surface area contributed by atoms with Crippen LogP contribution in [-0.4, -0.2) is 51.4 Å². The van der Waals surface area contributed by atoms with Crippen LogP contribution < -0.4 is 5.32 Å². The lowest BCUT2D eigenvalue weighted by molar-refractivity contribution is -0.139. The van der Waals surface area contributed by atoms with Gasteiger partial charge in [-0.1, -0.05) is 0 Å². The summed E-state index contributed by atoms with van der Waals surface area (Å²) in [5.41, 5.74) is -0.693. The van der Waals surface area contributed by atoms with E-state index in [1.54, 1.807) is 20.8 Å². The van der Waals surface area contributed by atoms with Crippen LogP contribution in [0.15, 0.2) is 0 Å². The molecule has 0 rings (SSSR count). The van der Waals surface area contributed by atoms with Crippen molar-refractivity contribution in [2.24, 2.45) is 0 Å². The third-order valence-electron chi connectivity index (χ3n) is 1.95. The number of hydrogen-bond donors (Lipinski definition) is 3. The Balaban J connectivity index is 4.08. The van der Waals surface area contributed by atoms with Crippen LogP contribution in [0.4, 0.5) is 4.79 Å². The number of carbonyl (C=O) groups is 3. The van der Waals surface area contributed by atoms with Crippen molar-refractivity contribution in [3.63, 3.8) is 0 Å². The Morgan fingerprint density at radius 2 is 1.85 bits per heavy atom. The van der Waals surface area contributed by atoms with E-state index in [1.165, 1.54) is 11.8 Å². The standard InChI is InChI=1S/C12H21NO6S/c1-12(2,3)19-11(18)13-8(10(16)17)7-20-6-4-5-9(14)15/h8H,4-7H2,1-3H3,(H,13,18)(H,14,15)(H,16,17)/t8-/m0/s1. The largest absolute Gasteiger partial charge is 0.481 e. The zero-order valence-electron chi connectivity index (χ0n) is 11.8. The van der Waals surface area contributed by atoms with Gasteiger partial charge in [-0.25, -0.2) is 9.59 Å². The van der Waals surface area contributed by atoms with Crippen molar-refractivity contribution in [2.75, 3.05) is 11.5 Å². The summed E-state index contributed by atoms with van der Waals surface area (Å²) in [4.78, 5) is 32.8. The second-order valence-electron chi connectivity index (χ2n) is 5.11. The van der Waals surface area contributed by atoms with E-state index in [4.69, 9.17) is 14.9 Å². The molecule has 7 nitrogen and oxygen atoms in total. The van der Waals surface area contributed by atoms with Crippen LogP contribution in [-0.2, 0) is 14.3 Å². The fraction of sp³-hybridized carbons (Fsp3) is 0.750. The van der Waals surface area contributed by atoms with Crippen LogP contribution in [0.1, 0.15) is 33.6 Å². The molecule has 20 heavy (non-hydrogen) atoms. The number of carboxylic acid groups (broad SMARTS) is 2. The van der Waals surface area contributed by atoms with E-state index in [1.807, 2.05) is 0 Å². The van der Waals surface area contributed by atoms with Crippen molar-refractivity contribution in [3.8, 4) is 0 Å². The van der Waals surface area contributed by atoms with Crippen molar-refractivity contribution in [3.05, 3.63) is 0 Å². The maximum Gasteiger partial charge on any atom is 0.408 e. The van der Waals surface area contributed by atoms with Crippen LogP contribution in [0, 0.1) is 0 Å². The third kappa shape index (κ3) is 10.5. The van der Waals surface area contributed by atoms with E-state index >= 15 is 0 Å². The molecule has 3 N–H and O–H groups in total. The van der Waals surface area contributed by atoms with Crippen LogP contribution in [0.3, 0.4) is 0 Å². The first-order valence-electron chi connectivity index (χ1n) is 6.13. The maximum atomic E-state index is 11.5. The van der Waals surface area contributed by atoms with Crippen LogP contribution >= 0.6 is 11.8 Å². The van der Waals surface area contributed by atoms with Crippen molar-refractivity contribution < 1.29 is 29.3 Å². The average molecular weight is 307 g/mol. The molecule has 0 saturated carbocycles. The Morgan fingerprint density at radius 3 is 2.30 bits per heavy atom. The molecule has 0 aliphatic heterocycles. The van der Waals surface area contributed by atoms with E-state index in [9.17, 15) is 14.4 Å². The number of nitrogens with one attached hydrogen (secondary N) is 1. The van der Waals surface area contributed by atoms with Gasteiger partial charge in [0.05, 0.1) is 0 Å². The molecule has 0 aromatic carbocycles. The van der Waals surface area contributed by atoms with Gasteiger partial charge in [0.25, 0.3) is 0 Å². The minimum Gasteiger partial charge on any atom is -0.481 e. The summed E-state index contributed by atoms with van der Waals surface area (Å²) < 4.78 is 4.98. The number of alkyl carbamates (subject to hydrolysis) is 1. The summed E-state index contributed by atoms with van der Waals surface area (Å²) in [6.45, 7) is 5.05. The van der Waals surface area contributed by atoms with Gasteiger partial charge in [-0.3, -0.25) is 4.79 Å². The van der Waals surface area contributed by atoms with Crippen molar-refractivity contribution in [1.82, 2.24) is 5.32 Å². The minimum absolute atomic E-state index is 0.0459. The number of thioether (sulfide) groups is 1. The molecule has 0 aliphatic carbocycles. The minimum atomic E-state index is -1.15. The molecule has 1 atom stereocenters. The van der Waals surface area contributed by atoms with Crippen LogP contribution in [0.2, 0.25) is 0 Å². The highest BCUT2D eigenvalue weighted by Gasteiger charge is 2.23. The first-order valence-corrected chi connectivity index (χ1v) is 7.29. The van der Waals surface area contributed by atoms with Gasteiger partial charge in [-0.2, -0.15) is 11.8 Å². The molecule has 0 radical (unpaired) electrons. The number of aliphatic carboxylic acids is 2. The quantitative estimate of drug-likeness (QED) is 0.583. The third-order valence-corrected chi connectivity index (χ3v) is 3.10. The van der Waals surface area contributed by atoms with Crippen molar-refractivity contribution in [1.29, 1.82) is 0 Å². The van der Waals surface area contributed by atoms with Crippen molar-refractivity contribution >= 4 is 29.8 Å². The van der Waals surface area contributed by atoms with Gasteiger partial charge >= 0.3 is 18.0 Å². The summed E-state index contributed by atoms with van der Waals surface area (Å²) in [5, 5.41) is 19.7. The van der Waals surface area contributed by atoms with E-state index in [-0.39, 0.29) is 12.2 Å². The van der Waals surface area contributed by atoms with Gasteiger partial charge in [0.15, 0.2) is 0 Å². The van der Waals surface area contributed by atoms with Crippen LogP contribution in [0.5, 0.6) is 0 Å². The molecular formula is C12H21NO6S. The van der Waals surface area contributed by atoms with Gasteiger partial charge in [0, 0.05) is 12.2 Å². The lowest BCUT2D eigenvalue weighted by Gasteiger charge is -2.21. The molecule has 0 heterocycles. The molecule has 116 valence electrons. The first-order chi connectivity index (χ1) is 9.11. The Kier molecular flexibility index (Phi) is 8.05. The maximum absolute atomic E-state index is 11.5. The molecule has 0 aromatic heterocycles. The van der Waals surface area contributed by atoms with Gasteiger partial charge in [0.1, 0.15) is 11.6 Å². The monoisotopic (exact) mass is 307 g/mol. The second-order valence-corrected chi connectivity index (χ2v) is 6.26. The van der Waals surface area contributed by atoms with Gasteiger partial charge in [-0.15, -0.1) is 0 Å². The highest BCUT2D eigenvalue weighted by atomic mass is 32.2. The summed E-state index contributed by atoms with van der Waals surface area (Å²) in [6.07, 6.45) is -0.278. The number of hydrogen-bond acceptors (Lipinski definition) is 5. The van der Waals surface area contributed by atoms with Crippen LogP contribution in [0.25, 0.3) is 0 Å². The molecular weight excluding hydrogens is 286 g/mol. The number of amides is 1. The Morgan fingerprint density at radius 1 is 1.25 bits per heavy atom. The molecule has 0 spiro atoms. The number of carbonyl (C=O) groups excluding carboxylic acids is 1. The Hall–Kier alpha value is -1.44. The summed E-state index contributed by atoms with van der Waals surface area (Å²) in [6, 6.07) is -1.06. The Labute approximate surface area is 122 Å². The highest BCUT2D eigenvalue weighted by Crippen LogP contribution is 2.10. The summed E-state index contributed by atoms with van der Waals surface area (Å²) in [7, 11) is 0. The van der Waals surface area contributed by atoms with Crippen molar-refractivity contribution in [2.45, 2.75) is 45.3 Å². The van der Waals surface area contributed by atoms with E-state index < -0.39 is 29.7 Å². The first kappa shape index (κ1) is 18.6. The Bertz CT molecular complexity index is 352. The summed E-state index contributed by atoms with van der Waals surface area (Å²) in [5.74, 6) is -1.35. The van der Waals surface area contributed by atoms with Gasteiger partial charge < -0.3 is 20.3 Å². The van der Waals surface area contributed by atoms with E-state index in [0.29, 0.717) is 12.2 Å². The summed E-state index contributed by atoms with van der Waals surface area (Å²) >= 11 is 1.28. The molecule has 0 bridgehead atoms. The van der Waals surface area contributed by atoms with E-state index in [2.05, 4.69) is 5.32 Å². The molecule has 1 amide bonds. The number of rotatable bonds is 8. The second kappa shape index (κ2) is 8.68. The average Bonchev–Trinajstić information content (AvgIpc) is 2.23. The highest BCUT2D eigenvalue weighted by molar-refractivity contribution is 7.99. The fourth-order valence-electron chi connectivity index (χ4n) is 1.15. The smallest absolute Gasteiger partial charge is 0.408 e. The zero-order valence-corrected chi connectivity index (χ0v) is 12.7. The predicted molar refractivity (Wildman–Crippen MR) is 75.0 cm³/mol. The molecule has 0 aliphatic rings. The molecule has 0 unspecified atom stereocenters. The topological polar surface area (TPSA) is 113 Å². The molecule has 0 fully saturated rings. The van der Waals surface area contributed by atoms with Gasteiger partial charge in [0.2, 0.25) is 0 Å². The normalized spacial score (nSPS) is 12.6. The SMILES string of the molecule is CC(C)(C)OC(=O)N[C@@H](CSCCCC(=O)O)C(=O)O. The lowest BCUT2D eigenvalue weighted by Crippen LogP contribution is -2.45. The fourth-order valence-corrected chi connectivity index (χ4v) is 2.13. The molecule has 0 saturated heterocycles. The van der Waals surface area contributed by atoms with E-state index in [0.717, 1.165) is 0 Å². The number of ether oxygens (including phenoxy) is 1. The molecule has 8 heteroatoms. The predicted octanol–water partition coefficient (Wildman–Crippen LogP) is 1.56. The van der Waals surface area contributed by atoms with Gasteiger partial charge in [-0.05, 0) is 32.9 Å². The number of carboxylic acids is 2. The molecule has 0 aromatic rings. The lowest BCUT2D eigenvalue weighted by atomic mass is 10.2.